The lowest BCUT2D eigenvalue weighted by atomic mass is 9.91. The van der Waals surface area contributed by atoms with E-state index >= 15 is 0 Å². The number of carbonyl (C=O) groups is 3. The molecular formula is C18H24N2O7. The van der Waals surface area contributed by atoms with Crippen molar-refractivity contribution in [2.24, 2.45) is 5.73 Å². The number of rotatable bonds is 12. The lowest BCUT2D eigenvalue weighted by Gasteiger charge is -2.30. The summed E-state index contributed by atoms with van der Waals surface area (Å²) in [6.07, 6.45) is 3.41. The number of nitro groups is 1. The molecule has 0 saturated carbocycles. The van der Waals surface area contributed by atoms with Crippen molar-refractivity contribution in [3.63, 3.8) is 0 Å². The first-order chi connectivity index (χ1) is 12.8. The van der Waals surface area contributed by atoms with Gasteiger partial charge in [-0.15, -0.1) is 0 Å². The average molecular weight is 380 g/mol. The zero-order valence-electron chi connectivity index (χ0n) is 15.4. The zero-order valence-corrected chi connectivity index (χ0v) is 15.4. The van der Waals surface area contributed by atoms with Crippen LogP contribution < -0.4 is 10.5 Å². The number of ether oxygens (including phenoxy) is 2. The fourth-order valence-electron chi connectivity index (χ4n) is 2.66. The van der Waals surface area contributed by atoms with Gasteiger partial charge in [-0.3, -0.25) is 24.5 Å². The van der Waals surface area contributed by atoms with Crippen molar-refractivity contribution < 1.29 is 28.8 Å². The molecule has 0 bridgehead atoms. The number of aldehydes is 1. The Hall–Kier alpha value is -2.97. The van der Waals surface area contributed by atoms with Gasteiger partial charge in [0.15, 0.2) is 11.9 Å². The molecule has 1 aromatic carbocycles. The van der Waals surface area contributed by atoms with Crippen molar-refractivity contribution in [1.29, 1.82) is 0 Å². The van der Waals surface area contributed by atoms with Gasteiger partial charge in [-0.2, -0.15) is 0 Å². The van der Waals surface area contributed by atoms with Crippen LogP contribution in [-0.4, -0.2) is 35.8 Å². The monoisotopic (exact) mass is 380 g/mol. The van der Waals surface area contributed by atoms with Crippen molar-refractivity contribution in [2.45, 2.75) is 51.0 Å². The number of benzene rings is 1. The number of nitrogens with zero attached hydrogens (tertiary/aromatic N) is 1. The van der Waals surface area contributed by atoms with Crippen LogP contribution in [0, 0.1) is 10.1 Å². The lowest BCUT2D eigenvalue weighted by molar-refractivity contribution is -0.385. The average Bonchev–Trinajstić information content (AvgIpc) is 2.64. The molecule has 0 aliphatic rings. The van der Waals surface area contributed by atoms with Gasteiger partial charge in [0.05, 0.1) is 24.0 Å². The SMILES string of the molecule is CCCCCCC(CC(=O)OC)(Oc1ccc([N+](=O)[O-])c(C=O)c1)C(N)=O. The van der Waals surface area contributed by atoms with Gasteiger partial charge in [0.2, 0.25) is 0 Å². The second-order valence-electron chi connectivity index (χ2n) is 6.12. The van der Waals surface area contributed by atoms with Gasteiger partial charge in [-0.05, 0) is 25.0 Å². The molecule has 0 heterocycles. The van der Waals surface area contributed by atoms with Crippen LogP contribution in [0.3, 0.4) is 0 Å². The number of hydrogen-bond donors (Lipinski definition) is 1. The highest BCUT2D eigenvalue weighted by atomic mass is 16.6. The van der Waals surface area contributed by atoms with Crippen molar-refractivity contribution >= 4 is 23.9 Å². The molecule has 0 spiro atoms. The molecule has 1 rings (SSSR count). The molecule has 1 aromatic rings. The highest BCUT2D eigenvalue weighted by molar-refractivity contribution is 5.89. The first kappa shape index (κ1) is 22.1. The van der Waals surface area contributed by atoms with Crippen LogP contribution in [0.1, 0.15) is 55.8 Å². The molecular weight excluding hydrogens is 356 g/mol. The van der Waals surface area contributed by atoms with Gasteiger partial charge in [0.1, 0.15) is 5.75 Å². The van der Waals surface area contributed by atoms with Crippen LogP contribution in [-0.2, 0) is 14.3 Å². The number of esters is 1. The van der Waals surface area contributed by atoms with Crippen molar-refractivity contribution in [3.8, 4) is 5.75 Å². The first-order valence-corrected chi connectivity index (χ1v) is 8.59. The van der Waals surface area contributed by atoms with Gasteiger partial charge in [0, 0.05) is 6.07 Å². The number of methoxy groups -OCH3 is 1. The first-order valence-electron chi connectivity index (χ1n) is 8.59. The van der Waals surface area contributed by atoms with Crippen LogP contribution >= 0.6 is 0 Å². The Morgan fingerprint density at radius 1 is 1.30 bits per heavy atom. The summed E-state index contributed by atoms with van der Waals surface area (Å²) in [4.78, 5) is 45.4. The van der Waals surface area contributed by atoms with Crippen LogP contribution in [0.5, 0.6) is 5.75 Å². The third-order valence-electron chi connectivity index (χ3n) is 4.18. The van der Waals surface area contributed by atoms with E-state index in [1.54, 1.807) is 0 Å². The van der Waals surface area contributed by atoms with Gasteiger partial charge in [-0.1, -0.05) is 26.2 Å². The van der Waals surface area contributed by atoms with E-state index in [-0.39, 0.29) is 17.7 Å². The Morgan fingerprint density at radius 2 is 2.00 bits per heavy atom. The summed E-state index contributed by atoms with van der Waals surface area (Å²) >= 11 is 0. The van der Waals surface area contributed by atoms with Crippen molar-refractivity contribution in [2.75, 3.05) is 7.11 Å². The number of amides is 1. The molecule has 0 aliphatic heterocycles. The third kappa shape index (κ3) is 6.05. The van der Waals surface area contributed by atoms with Crippen molar-refractivity contribution in [3.05, 3.63) is 33.9 Å². The Kier molecular flexibility index (Phi) is 8.37. The number of hydrogen-bond acceptors (Lipinski definition) is 7. The predicted octanol–water partition coefficient (Wildman–Crippen LogP) is 2.54. The van der Waals surface area contributed by atoms with E-state index in [0.29, 0.717) is 12.7 Å². The van der Waals surface area contributed by atoms with Crippen LogP contribution in [0.15, 0.2) is 18.2 Å². The summed E-state index contributed by atoms with van der Waals surface area (Å²) in [5.41, 5.74) is 3.27. The van der Waals surface area contributed by atoms with E-state index in [9.17, 15) is 24.5 Å². The van der Waals surface area contributed by atoms with E-state index in [2.05, 4.69) is 4.74 Å². The zero-order chi connectivity index (χ0) is 20.4. The Balaban J connectivity index is 3.21. The molecule has 0 fully saturated rings. The number of carbonyl (C=O) groups excluding carboxylic acids is 3. The summed E-state index contributed by atoms with van der Waals surface area (Å²) < 4.78 is 10.4. The topological polar surface area (TPSA) is 139 Å². The minimum Gasteiger partial charge on any atom is -0.477 e. The number of nitro benzene ring substituents is 1. The fraction of sp³-hybridized carbons (Fsp3) is 0.500. The number of primary amides is 1. The molecule has 27 heavy (non-hydrogen) atoms. The van der Waals surface area contributed by atoms with Gasteiger partial charge >= 0.3 is 5.97 Å². The highest BCUT2D eigenvalue weighted by Crippen LogP contribution is 2.30. The maximum absolute atomic E-state index is 12.2. The van der Waals surface area contributed by atoms with Crippen molar-refractivity contribution in [1.82, 2.24) is 0 Å². The van der Waals surface area contributed by atoms with E-state index in [0.717, 1.165) is 31.4 Å². The van der Waals surface area contributed by atoms with Crippen LogP contribution in [0.4, 0.5) is 5.69 Å². The molecule has 0 saturated heterocycles. The molecule has 1 amide bonds. The maximum Gasteiger partial charge on any atom is 0.310 e. The molecule has 0 aromatic heterocycles. The van der Waals surface area contributed by atoms with E-state index in [4.69, 9.17) is 10.5 Å². The molecule has 9 heteroatoms. The molecule has 2 N–H and O–H groups in total. The van der Waals surface area contributed by atoms with Gasteiger partial charge in [-0.25, -0.2) is 0 Å². The number of unbranched alkanes of at least 4 members (excludes halogenated alkanes) is 3. The standard InChI is InChI=1S/C18H24N2O7/c1-3-4-5-6-9-18(17(19)23,11-16(22)26-2)27-14-7-8-15(20(24)25)13(10-14)12-21/h7-8,10,12H,3-6,9,11H2,1-2H3,(H2,19,23). The second kappa shape index (κ2) is 10.2. The molecule has 0 radical (unpaired) electrons. The predicted molar refractivity (Wildman–Crippen MR) is 96.4 cm³/mol. The smallest absolute Gasteiger partial charge is 0.310 e. The Bertz CT molecular complexity index is 705. The molecule has 1 atom stereocenters. The summed E-state index contributed by atoms with van der Waals surface area (Å²) in [5, 5.41) is 10.9. The van der Waals surface area contributed by atoms with Crippen LogP contribution in [0.2, 0.25) is 0 Å². The lowest BCUT2D eigenvalue weighted by Crippen LogP contribution is -2.50. The summed E-state index contributed by atoms with van der Waals surface area (Å²) in [5.74, 6) is -1.50. The largest absolute Gasteiger partial charge is 0.477 e. The molecule has 148 valence electrons. The maximum atomic E-state index is 12.2. The minimum atomic E-state index is -1.67. The summed E-state index contributed by atoms with van der Waals surface area (Å²) in [6.45, 7) is 2.03. The molecule has 0 aliphatic carbocycles. The summed E-state index contributed by atoms with van der Waals surface area (Å²) in [7, 11) is 1.18. The Morgan fingerprint density at radius 3 is 2.52 bits per heavy atom. The van der Waals surface area contributed by atoms with Gasteiger partial charge < -0.3 is 15.2 Å². The van der Waals surface area contributed by atoms with Crippen LogP contribution in [0.25, 0.3) is 0 Å². The molecule has 9 nitrogen and oxygen atoms in total. The fourth-order valence-corrected chi connectivity index (χ4v) is 2.66. The van der Waals surface area contributed by atoms with E-state index < -0.39 is 34.5 Å². The number of nitrogens with two attached hydrogens (primary N) is 1. The summed E-state index contributed by atoms with van der Waals surface area (Å²) in [6, 6.07) is 3.50. The van der Waals surface area contributed by atoms with Gasteiger partial charge in [0.25, 0.3) is 11.6 Å². The normalized spacial score (nSPS) is 12.7. The van der Waals surface area contributed by atoms with E-state index in [1.807, 2.05) is 6.92 Å². The van der Waals surface area contributed by atoms with E-state index in [1.165, 1.54) is 13.2 Å². The highest BCUT2D eigenvalue weighted by Gasteiger charge is 2.41. The quantitative estimate of drug-likeness (QED) is 0.193. The Labute approximate surface area is 157 Å². The molecule has 1 unspecified atom stereocenters. The minimum absolute atomic E-state index is 0.0286. The second-order valence-corrected chi connectivity index (χ2v) is 6.12. The third-order valence-corrected chi connectivity index (χ3v) is 4.18.